The van der Waals surface area contributed by atoms with Crippen LogP contribution in [0.4, 0.5) is 0 Å². The molecule has 0 bridgehead atoms. The zero-order chi connectivity index (χ0) is 11.9. The van der Waals surface area contributed by atoms with Crippen LogP contribution in [0.3, 0.4) is 0 Å². The molecule has 0 spiro atoms. The second-order valence-corrected chi connectivity index (χ2v) is 4.86. The van der Waals surface area contributed by atoms with Crippen molar-refractivity contribution < 1.29 is 0 Å². The predicted molar refractivity (Wildman–Crippen MR) is 72.7 cm³/mol. The van der Waals surface area contributed by atoms with Crippen LogP contribution in [0.1, 0.15) is 17.0 Å². The first-order chi connectivity index (χ1) is 8.92. The largest absolute Gasteiger partial charge is 0.327 e. The van der Waals surface area contributed by atoms with Gasteiger partial charge in [-0.3, -0.25) is 0 Å². The number of fused-ring (bicyclic) bond motifs is 4. The molecule has 2 heterocycles. The second-order valence-electron chi connectivity index (χ2n) is 4.86. The molecule has 0 saturated heterocycles. The molecular weight excluding hydrogens is 220 g/mol. The van der Waals surface area contributed by atoms with Crippen LogP contribution in [-0.4, -0.2) is 9.55 Å². The Balaban J connectivity index is 1.93. The highest BCUT2D eigenvalue weighted by Gasteiger charge is 2.16. The first-order valence-electron chi connectivity index (χ1n) is 6.43. The van der Waals surface area contributed by atoms with E-state index in [1.165, 1.54) is 22.5 Å². The highest BCUT2D eigenvalue weighted by Crippen LogP contribution is 2.24. The first-order valence-corrected chi connectivity index (χ1v) is 6.43. The summed E-state index contributed by atoms with van der Waals surface area (Å²) in [7, 11) is 0. The van der Waals surface area contributed by atoms with Crippen molar-refractivity contribution in [3.63, 3.8) is 0 Å². The first kappa shape index (κ1) is 9.89. The lowest BCUT2D eigenvalue weighted by Gasteiger charge is -2.03. The van der Waals surface area contributed by atoms with E-state index >= 15 is 0 Å². The van der Waals surface area contributed by atoms with E-state index in [1.807, 2.05) is 0 Å². The van der Waals surface area contributed by atoms with Gasteiger partial charge in [0, 0.05) is 13.0 Å². The summed E-state index contributed by atoms with van der Waals surface area (Å²) in [4.78, 5) is 4.78. The van der Waals surface area contributed by atoms with E-state index in [2.05, 4.69) is 53.1 Å². The average molecular weight is 234 g/mol. The number of hydrogen-bond donors (Lipinski definition) is 0. The maximum Gasteiger partial charge on any atom is 0.114 e. The molecule has 0 aliphatic carbocycles. The van der Waals surface area contributed by atoms with Crippen LogP contribution >= 0.6 is 0 Å². The van der Waals surface area contributed by atoms with Gasteiger partial charge in [-0.05, 0) is 29.7 Å². The van der Waals surface area contributed by atoms with Crippen LogP contribution in [0, 0.1) is 0 Å². The number of aromatic nitrogens is 2. The molecule has 18 heavy (non-hydrogen) atoms. The van der Waals surface area contributed by atoms with Gasteiger partial charge >= 0.3 is 0 Å². The third-order valence-electron chi connectivity index (χ3n) is 3.81. The summed E-state index contributed by atoms with van der Waals surface area (Å²) in [6, 6.07) is 17.1. The van der Waals surface area contributed by atoms with Gasteiger partial charge in [-0.15, -0.1) is 0 Å². The number of aryl methyl sites for hydroxylation is 2. The molecule has 2 aromatic carbocycles. The van der Waals surface area contributed by atoms with E-state index in [-0.39, 0.29) is 0 Å². The highest BCUT2D eigenvalue weighted by atomic mass is 15.1. The summed E-state index contributed by atoms with van der Waals surface area (Å²) < 4.78 is 2.37. The maximum atomic E-state index is 4.78. The van der Waals surface area contributed by atoms with Crippen LogP contribution < -0.4 is 0 Å². The van der Waals surface area contributed by atoms with Crippen LogP contribution in [0.2, 0.25) is 0 Å². The van der Waals surface area contributed by atoms with Crippen LogP contribution in [-0.2, 0) is 19.4 Å². The molecule has 0 radical (unpaired) electrons. The molecule has 0 amide bonds. The van der Waals surface area contributed by atoms with Gasteiger partial charge in [0.25, 0.3) is 0 Å². The van der Waals surface area contributed by atoms with Gasteiger partial charge in [0.2, 0.25) is 0 Å². The molecule has 0 saturated carbocycles. The SMILES string of the molecule is c1ccc2c(c1)CCn1c(nc3ccccc31)C2. The Morgan fingerprint density at radius 2 is 1.67 bits per heavy atom. The number of nitrogens with zero attached hydrogens (tertiary/aromatic N) is 2. The van der Waals surface area contributed by atoms with E-state index in [1.54, 1.807) is 0 Å². The fourth-order valence-corrected chi connectivity index (χ4v) is 2.89. The molecule has 1 aromatic heterocycles. The van der Waals surface area contributed by atoms with Gasteiger partial charge in [0.15, 0.2) is 0 Å². The Hall–Kier alpha value is -2.09. The third-order valence-corrected chi connectivity index (χ3v) is 3.81. The lowest BCUT2D eigenvalue weighted by atomic mass is 10.0. The van der Waals surface area contributed by atoms with E-state index in [0.29, 0.717) is 0 Å². The average Bonchev–Trinajstić information content (AvgIpc) is 2.65. The molecule has 2 nitrogen and oxygen atoms in total. The molecule has 2 heteroatoms. The Morgan fingerprint density at radius 3 is 2.61 bits per heavy atom. The smallest absolute Gasteiger partial charge is 0.114 e. The number of hydrogen-bond acceptors (Lipinski definition) is 1. The Labute approximate surface area is 106 Å². The van der Waals surface area contributed by atoms with Crippen molar-refractivity contribution in [2.24, 2.45) is 0 Å². The Bertz CT molecular complexity index is 725. The monoisotopic (exact) mass is 234 g/mol. The lowest BCUT2D eigenvalue weighted by Crippen LogP contribution is -2.01. The fraction of sp³-hybridized carbons (Fsp3) is 0.188. The summed E-state index contributed by atoms with van der Waals surface area (Å²) in [5.41, 5.74) is 5.27. The molecule has 0 N–H and O–H groups in total. The topological polar surface area (TPSA) is 17.8 Å². The zero-order valence-electron chi connectivity index (χ0n) is 10.1. The summed E-state index contributed by atoms with van der Waals surface area (Å²) >= 11 is 0. The molecule has 0 fully saturated rings. The van der Waals surface area contributed by atoms with Crippen molar-refractivity contribution in [1.29, 1.82) is 0 Å². The van der Waals surface area contributed by atoms with E-state index < -0.39 is 0 Å². The number of imidazole rings is 1. The van der Waals surface area contributed by atoms with Gasteiger partial charge in [-0.1, -0.05) is 36.4 Å². The van der Waals surface area contributed by atoms with Gasteiger partial charge in [0.05, 0.1) is 11.0 Å². The predicted octanol–water partition coefficient (Wildman–Crippen LogP) is 3.18. The van der Waals surface area contributed by atoms with Crippen molar-refractivity contribution in [3.8, 4) is 0 Å². The molecule has 0 unspecified atom stereocenters. The van der Waals surface area contributed by atoms with E-state index in [9.17, 15) is 0 Å². The van der Waals surface area contributed by atoms with E-state index in [0.717, 1.165) is 24.9 Å². The van der Waals surface area contributed by atoms with Gasteiger partial charge < -0.3 is 4.57 Å². The molecular formula is C16H14N2. The van der Waals surface area contributed by atoms with Crippen molar-refractivity contribution in [2.75, 3.05) is 0 Å². The van der Waals surface area contributed by atoms with Crippen molar-refractivity contribution in [3.05, 3.63) is 65.5 Å². The van der Waals surface area contributed by atoms with Crippen LogP contribution in [0.25, 0.3) is 11.0 Å². The van der Waals surface area contributed by atoms with E-state index in [4.69, 9.17) is 4.98 Å². The summed E-state index contributed by atoms with van der Waals surface area (Å²) in [5, 5.41) is 0. The zero-order valence-corrected chi connectivity index (χ0v) is 10.1. The highest BCUT2D eigenvalue weighted by molar-refractivity contribution is 5.76. The quantitative estimate of drug-likeness (QED) is 0.584. The van der Waals surface area contributed by atoms with Gasteiger partial charge in [0.1, 0.15) is 5.82 Å². The Kier molecular flexibility index (Phi) is 2.04. The molecule has 88 valence electrons. The minimum absolute atomic E-state index is 0.949. The van der Waals surface area contributed by atoms with Gasteiger partial charge in [-0.2, -0.15) is 0 Å². The molecule has 4 rings (SSSR count). The summed E-state index contributed by atoms with van der Waals surface area (Å²) in [5.74, 6) is 1.20. The maximum absolute atomic E-state index is 4.78. The number of benzene rings is 2. The number of para-hydroxylation sites is 2. The second kappa shape index (κ2) is 3.70. The molecule has 1 aliphatic rings. The molecule has 1 aliphatic heterocycles. The van der Waals surface area contributed by atoms with Crippen molar-refractivity contribution in [1.82, 2.24) is 9.55 Å². The van der Waals surface area contributed by atoms with Crippen molar-refractivity contribution >= 4 is 11.0 Å². The molecule has 0 atom stereocenters. The normalized spacial score (nSPS) is 14.0. The van der Waals surface area contributed by atoms with Crippen LogP contribution in [0.15, 0.2) is 48.5 Å². The van der Waals surface area contributed by atoms with Gasteiger partial charge in [-0.25, -0.2) is 4.98 Å². The third kappa shape index (κ3) is 1.39. The lowest BCUT2D eigenvalue weighted by molar-refractivity contribution is 0.701. The summed E-state index contributed by atoms with van der Waals surface area (Å²) in [6.45, 7) is 1.03. The number of rotatable bonds is 0. The van der Waals surface area contributed by atoms with Crippen molar-refractivity contribution in [2.45, 2.75) is 19.4 Å². The Morgan fingerprint density at radius 1 is 0.889 bits per heavy atom. The fourth-order valence-electron chi connectivity index (χ4n) is 2.89. The standard InChI is InChI=1S/C16H14N2/c1-2-6-13-11-16-17-14-7-3-4-8-15(14)18(16)10-9-12(13)5-1/h1-8H,9-11H2. The minimum atomic E-state index is 0.949. The van der Waals surface area contributed by atoms with Crippen LogP contribution in [0.5, 0.6) is 0 Å². The minimum Gasteiger partial charge on any atom is -0.327 e. The summed E-state index contributed by atoms with van der Waals surface area (Å²) in [6.07, 6.45) is 2.05. The molecule has 3 aromatic rings.